The molecule has 0 spiro atoms. The van der Waals surface area contributed by atoms with Crippen LogP contribution in [0.1, 0.15) is 11.1 Å². The van der Waals surface area contributed by atoms with Gasteiger partial charge >= 0.3 is 121 Å². The van der Waals surface area contributed by atoms with Crippen LogP contribution in [0.25, 0.3) is 17.2 Å². The first-order valence-corrected chi connectivity index (χ1v) is 16.7. The van der Waals surface area contributed by atoms with Crippen molar-refractivity contribution in [1.29, 1.82) is 0 Å². The average Bonchev–Trinajstić information content (AvgIpc) is 2.38. The SMILES string of the molecule is C=Cc1ccc(-c2cc[c]([Sn]([CH3])([CH3])[CH3])cc2C)cc1. The number of benzene rings is 2. The van der Waals surface area contributed by atoms with E-state index >= 15 is 0 Å². The van der Waals surface area contributed by atoms with Crippen molar-refractivity contribution in [3.05, 3.63) is 60.2 Å². The van der Waals surface area contributed by atoms with E-state index in [1.54, 1.807) is 3.58 Å². The van der Waals surface area contributed by atoms with Crippen molar-refractivity contribution in [1.82, 2.24) is 0 Å². The second-order valence-electron chi connectivity index (χ2n) is 6.11. The van der Waals surface area contributed by atoms with E-state index in [-0.39, 0.29) is 0 Å². The third-order valence-corrected chi connectivity index (χ3v) is 9.38. The summed E-state index contributed by atoms with van der Waals surface area (Å²) in [5.41, 5.74) is 5.19. The molecular formula is C18H22Sn. The average molecular weight is 357 g/mol. The maximum atomic E-state index is 3.80. The molecule has 0 atom stereocenters. The predicted molar refractivity (Wildman–Crippen MR) is 89.7 cm³/mol. The zero-order chi connectivity index (χ0) is 14.0. The van der Waals surface area contributed by atoms with Crippen molar-refractivity contribution in [2.45, 2.75) is 21.7 Å². The van der Waals surface area contributed by atoms with Crippen molar-refractivity contribution in [2.75, 3.05) is 0 Å². The van der Waals surface area contributed by atoms with Gasteiger partial charge in [-0.3, -0.25) is 0 Å². The van der Waals surface area contributed by atoms with Crippen LogP contribution in [0.2, 0.25) is 14.8 Å². The summed E-state index contributed by atoms with van der Waals surface area (Å²) in [4.78, 5) is 7.38. The molecular weight excluding hydrogens is 335 g/mol. The molecule has 0 N–H and O–H groups in total. The summed E-state index contributed by atoms with van der Waals surface area (Å²) in [6, 6.07) is 15.6. The molecule has 0 bridgehead atoms. The Kier molecular flexibility index (Phi) is 4.19. The van der Waals surface area contributed by atoms with Crippen molar-refractivity contribution < 1.29 is 0 Å². The van der Waals surface area contributed by atoms with Gasteiger partial charge < -0.3 is 0 Å². The molecule has 0 radical (unpaired) electrons. The maximum absolute atomic E-state index is 3.80. The van der Waals surface area contributed by atoms with E-state index in [0.29, 0.717) is 0 Å². The zero-order valence-electron chi connectivity index (χ0n) is 12.3. The fraction of sp³-hybridized carbons (Fsp3) is 0.222. The second kappa shape index (κ2) is 5.54. The van der Waals surface area contributed by atoms with Crippen LogP contribution in [0.4, 0.5) is 0 Å². The Labute approximate surface area is 121 Å². The van der Waals surface area contributed by atoms with Gasteiger partial charge in [-0.1, -0.05) is 0 Å². The molecule has 0 heterocycles. The molecule has 2 rings (SSSR count). The van der Waals surface area contributed by atoms with Gasteiger partial charge in [0.15, 0.2) is 0 Å². The number of hydrogen-bond acceptors (Lipinski definition) is 0. The standard InChI is InChI=1S/C15H13.3CH3.Sn/c1-3-13-8-10-14(11-9-13)15-7-5-4-6-12(15)2;;;;/h3,5-11H,1H2,2H3;3*1H3;. The van der Waals surface area contributed by atoms with E-state index in [9.17, 15) is 0 Å². The van der Waals surface area contributed by atoms with Crippen LogP contribution in [0, 0.1) is 6.92 Å². The Bertz CT molecular complexity index is 586. The third kappa shape index (κ3) is 3.30. The van der Waals surface area contributed by atoms with E-state index in [1.807, 2.05) is 6.08 Å². The quantitative estimate of drug-likeness (QED) is 0.689. The van der Waals surface area contributed by atoms with Gasteiger partial charge in [0, 0.05) is 0 Å². The van der Waals surface area contributed by atoms with Crippen molar-refractivity contribution >= 4 is 28.0 Å². The molecule has 2 aromatic carbocycles. The molecule has 98 valence electrons. The van der Waals surface area contributed by atoms with Crippen LogP contribution < -0.4 is 3.58 Å². The molecule has 0 nitrogen and oxygen atoms in total. The summed E-state index contributed by atoms with van der Waals surface area (Å²) in [7, 11) is 0. The molecule has 0 saturated heterocycles. The van der Waals surface area contributed by atoms with Gasteiger partial charge in [-0.2, -0.15) is 0 Å². The molecule has 0 saturated carbocycles. The first-order valence-electron chi connectivity index (χ1n) is 6.76. The molecule has 0 aliphatic heterocycles. The van der Waals surface area contributed by atoms with Gasteiger partial charge in [-0.25, -0.2) is 0 Å². The minimum atomic E-state index is -1.94. The Morgan fingerprint density at radius 3 is 2.05 bits per heavy atom. The molecule has 2 aromatic rings. The van der Waals surface area contributed by atoms with E-state index in [2.05, 4.69) is 70.8 Å². The number of rotatable bonds is 3. The Morgan fingerprint density at radius 2 is 1.58 bits per heavy atom. The molecule has 19 heavy (non-hydrogen) atoms. The van der Waals surface area contributed by atoms with Crippen LogP contribution in [-0.2, 0) is 0 Å². The summed E-state index contributed by atoms with van der Waals surface area (Å²) in [5.74, 6) is 0. The van der Waals surface area contributed by atoms with Gasteiger partial charge in [-0.15, -0.1) is 0 Å². The summed E-state index contributed by atoms with van der Waals surface area (Å²) >= 11 is -1.94. The summed E-state index contributed by atoms with van der Waals surface area (Å²) in [5, 5.41) is 0. The van der Waals surface area contributed by atoms with E-state index < -0.39 is 18.4 Å². The number of hydrogen-bond donors (Lipinski definition) is 0. The fourth-order valence-electron chi connectivity index (χ4n) is 2.25. The third-order valence-electron chi connectivity index (χ3n) is 3.55. The fourth-order valence-corrected chi connectivity index (χ4v) is 5.77. The van der Waals surface area contributed by atoms with Gasteiger partial charge in [0.2, 0.25) is 0 Å². The van der Waals surface area contributed by atoms with Gasteiger partial charge in [-0.05, 0) is 0 Å². The molecule has 1 heteroatoms. The van der Waals surface area contributed by atoms with E-state index in [4.69, 9.17) is 0 Å². The molecule has 0 fully saturated rings. The zero-order valence-corrected chi connectivity index (χ0v) is 15.2. The molecule has 0 aliphatic carbocycles. The topological polar surface area (TPSA) is 0 Å². The van der Waals surface area contributed by atoms with Crippen molar-refractivity contribution in [3.63, 3.8) is 0 Å². The first kappa shape index (κ1) is 14.4. The summed E-state index contributed by atoms with van der Waals surface area (Å²) in [6.07, 6.45) is 1.88. The Balaban J connectivity index is 2.42. The summed E-state index contributed by atoms with van der Waals surface area (Å²) in [6.45, 7) is 6.02. The monoisotopic (exact) mass is 358 g/mol. The molecule has 0 amide bonds. The summed E-state index contributed by atoms with van der Waals surface area (Å²) < 4.78 is 1.60. The van der Waals surface area contributed by atoms with Crippen molar-refractivity contribution in [3.8, 4) is 11.1 Å². The second-order valence-corrected chi connectivity index (χ2v) is 20.6. The number of aryl methyl sites for hydroxylation is 1. The normalized spacial score (nSPS) is 11.4. The van der Waals surface area contributed by atoms with Crippen LogP contribution in [-0.4, -0.2) is 18.4 Å². The minimum absolute atomic E-state index is 1.17. The molecule has 0 unspecified atom stereocenters. The van der Waals surface area contributed by atoms with Crippen molar-refractivity contribution in [2.24, 2.45) is 0 Å². The molecule has 0 aliphatic rings. The van der Waals surface area contributed by atoms with Crippen LogP contribution in [0.5, 0.6) is 0 Å². The van der Waals surface area contributed by atoms with Gasteiger partial charge in [0.05, 0.1) is 0 Å². The van der Waals surface area contributed by atoms with Crippen LogP contribution >= 0.6 is 0 Å². The Morgan fingerprint density at radius 1 is 0.947 bits per heavy atom. The Hall–Kier alpha value is -1.02. The van der Waals surface area contributed by atoms with Gasteiger partial charge in [0.1, 0.15) is 0 Å². The van der Waals surface area contributed by atoms with Gasteiger partial charge in [0.25, 0.3) is 0 Å². The van der Waals surface area contributed by atoms with Crippen LogP contribution in [0.3, 0.4) is 0 Å². The first-order chi connectivity index (χ1) is 8.91. The van der Waals surface area contributed by atoms with Crippen LogP contribution in [0.15, 0.2) is 49.0 Å². The van der Waals surface area contributed by atoms with E-state index in [0.717, 1.165) is 0 Å². The molecule has 0 aromatic heterocycles. The van der Waals surface area contributed by atoms with E-state index in [1.165, 1.54) is 22.3 Å². The predicted octanol–water partition coefficient (Wildman–Crippen LogP) is 4.85.